The molecule has 0 unspecified atom stereocenters. The van der Waals surface area contributed by atoms with Crippen molar-refractivity contribution in [3.63, 3.8) is 0 Å². The molecule has 2 aromatic rings. The summed E-state index contributed by atoms with van der Waals surface area (Å²) < 4.78 is 10.8. The van der Waals surface area contributed by atoms with E-state index in [0.717, 1.165) is 16.2 Å². The van der Waals surface area contributed by atoms with E-state index in [0.29, 0.717) is 23.7 Å². The third kappa shape index (κ3) is 2.68. The van der Waals surface area contributed by atoms with E-state index < -0.39 is 0 Å². The Morgan fingerprint density at radius 2 is 2.28 bits per heavy atom. The lowest BCUT2D eigenvalue weighted by Gasteiger charge is -2.11. The Morgan fingerprint density at radius 1 is 1.44 bits per heavy atom. The minimum atomic E-state index is 0.382. The Hall–Kier alpha value is -1.88. The van der Waals surface area contributed by atoms with Crippen molar-refractivity contribution in [2.75, 3.05) is 7.11 Å². The molecule has 0 spiro atoms. The summed E-state index contributed by atoms with van der Waals surface area (Å²) >= 11 is 1.57. The molecule has 0 N–H and O–H groups in total. The van der Waals surface area contributed by atoms with Gasteiger partial charge >= 0.3 is 0 Å². The average molecular weight is 263 g/mol. The summed E-state index contributed by atoms with van der Waals surface area (Å²) in [5.41, 5.74) is 0.482. The Morgan fingerprint density at radius 3 is 2.89 bits per heavy atom. The molecule has 0 saturated heterocycles. The highest BCUT2D eigenvalue weighted by atomic mass is 32.1. The normalized spacial score (nSPS) is 10.1. The SMILES string of the molecule is COc1cccc(C=O)c1OCc1cnc(C)s1. The fraction of sp³-hybridized carbons (Fsp3) is 0.231. The van der Waals surface area contributed by atoms with Crippen LogP contribution in [0, 0.1) is 6.92 Å². The van der Waals surface area contributed by atoms with Gasteiger partial charge in [0.05, 0.1) is 22.6 Å². The van der Waals surface area contributed by atoms with E-state index in [2.05, 4.69) is 4.98 Å². The number of carbonyl (C=O) groups is 1. The van der Waals surface area contributed by atoms with Crippen LogP contribution in [0.5, 0.6) is 11.5 Å². The lowest BCUT2D eigenvalue weighted by Crippen LogP contribution is -1.99. The number of carbonyl (C=O) groups excluding carboxylic acids is 1. The number of aromatic nitrogens is 1. The lowest BCUT2D eigenvalue weighted by molar-refractivity contribution is 0.111. The summed E-state index contributed by atoms with van der Waals surface area (Å²) in [7, 11) is 1.55. The van der Waals surface area contributed by atoms with Gasteiger partial charge in [-0.05, 0) is 19.1 Å². The maximum atomic E-state index is 11.0. The van der Waals surface area contributed by atoms with E-state index in [1.807, 2.05) is 6.92 Å². The first-order valence-corrected chi connectivity index (χ1v) is 6.22. The number of ether oxygens (including phenoxy) is 2. The van der Waals surface area contributed by atoms with Crippen LogP contribution in [0.4, 0.5) is 0 Å². The minimum absolute atomic E-state index is 0.382. The topological polar surface area (TPSA) is 48.4 Å². The molecule has 0 amide bonds. The first-order valence-electron chi connectivity index (χ1n) is 5.41. The van der Waals surface area contributed by atoms with E-state index in [1.54, 1.807) is 42.8 Å². The molecule has 1 heterocycles. The molecule has 2 rings (SSSR count). The van der Waals surface area contributed by atoms with Gasteiger partial charge in [0.25, 0.3) is 0 Å². The van der Waals surface area contributed by atoms with E-state index in [-0.39, 0.29) is 0 Å². The highest BCUT2D eigenvalue weighted by molar-refractivity contribution is 7.11. The second kappa shape index (κ2) is 5.64. The second-order valence-corrected chi connectivity index (χ2v) is 4.95. The number of aryl methyl sites for hydroxylation is 1. The summed E-state index contributed by atoms with van der Waals surface area (Å²) in [6, 6.07) is 5.22. The molecule has 0 aliphatic carbocycles. The standard InChI is InChI=1S/C13H13NO3S/c1-9-14-6-11(18-9)8-17-13-10(7-15)4-3-5-12(13)16-2/h3-7H,8H2,1-2H3. The highest BCUT2D eigenvalue weighted by Crippen LogP contribution is 2.31. The second-order valence-electron chi connectivity index (χ2n) is 3.63. The van der Waals surface area contributed by atoms with Gasteiger partial charge in [0.2, 0.25) is 0 Å². The number of rotatable bonds is 5. The van der Waals surface area contributed by atoms with Crippen molar-refractivity contribution in [2.45, 2.75) is 13.5 Å². The van der Waals surface area contributed by atoms with Gasteiger partial charge in [0, 0.05) is 6.20 Å². The number of methoxy groups -OCH3 is 1. The van der Waals surface area contributed by atoms with Crippen molar-refractivity contribution in [1.82, 2.24) is 4.98 Å². The van der Waals surface area contributed by atoms with Crippen molar-refractivity contribution < 1.29 is 14.3 Å². The predicted molar refractivity (Wildman–Crippen MR) is 69.6 cm³/mol. The van der Waals surface area contributed by atoms with Crippen LogP contribution in [0.3, 0.4) is 0 Å². The fourth-order valence-corrected chi connectivity index (χ4v) is 2.26. The molecule has 0 atom stereocenters. The zero-order chi connectivity index (χ0) is 13.0. The van der Waals surface area contributed by atoms with Crippen molar-refractivity contribution in [3.05, 3.63) is 39.8 Å². The number of thiazole rings is 1. The molecular weight excluding hydrogens is 250 g/mol. The molecule has 94 valence electrons. The van der Waals surface area contributed by atoms with Crippen molar-refractivity contribution in [2.24, 2.45) is 0 Å². The minimum Gasteiger partial charge on any atom is -0.493 e. The zero-order valence-corrected chi connectivity index (χ0v) is 11.0. The Bertz CT molecular complexity index is 551. The number of hydrogen-bond acceptors (Lipinski definition) is 5. The summed E-state index contributed by atoms with van der Waals surface area (Å²) in [5.74, 6) is 1.03. The Balaban J connectivity index is 2.19. The number of nitrogens with zero attached hydrogens (tertiary/aromatic N) is 1. The third-order valence-electron chi connectivity index (χ3n) is 2.38. The van der Waals surface area contributed by atoms with Crippen LogP contribution >= 0.6 is 11.3 Å². The smallest absolute Gasteiger partial charge is 0.172 e. The monoisotopic (exact) mass is 263 g/mol. The molecule has 18 heavy (non-hydrogen) atoms. The van der Waals surface area contributed by atoms with Crippen LogP contribution in [-0.2, 0) is 6.61 Å². The number of benzene rings is 1. The first-order chi connectivity index (χ1) is 8.74. The predicted octanol–water partition coefficient (Wildman–Crippen LogP) is 2.85. The summed E-state index contributed by atoms with van der Waals surface area (Å²) in [4.78, 5) is 16.1. The van der Waals surface area contributed by atoms with Crippen molar-refractivity contribution in [1.29, 1.82) is 0 Å². The third-order valence-corrected chi connectivity index (χ3v) is 3.27. The maximum absolute atomic E-state index is 11.0. The largest absolute Gasteiger partial charge is 0.493 e. The van der Waals surface area contributed by atoms with Crippen LogP contribution in [0.2, 0.25) is 0 Å². The molecule has 0 radical (unpaired) electrons. The van der Waals surface area contributed by atoms with Crippen molar-refractivity contribution >= 4 is 17.6 Å². The molecule has 0 saturated carbocycles. The number of aldehydes is 1. The molecule has 0 aliphatic rings. The molecular formula is C13H13NO3S. The van der Waals surface area contributed by atoms with E-state index in [4.69, 9.17) is 9.47 Å². The van der Waals surface area contributed by atoms with Gasteiger partial charge in [-0.3, -0.25) is 4.79 Å². The summed E-state index contributed by atoms with van der Waals surface area (Å²) in [6.07, 6.45) is 2.53. The van der Waals surface area contributed by atoms with Crippen LogP contribution in [0.1, 0.15) is 20.2 Å². The first kappa shape index (κ1) is 12.6. The lowest BCUT2D eigenvalue weighted by atomic mass is 10.2. The van der Waals surface area contributed by atoms with Gasteiger partial charge < -0.3 is 9.47 Å². The molecule has 1 aromatic heterocycles. The van der Waals surface area contributed by atoms with Gasteiger partial charge in [0.15, 0.2) is 17.8 Å². The number of hydrogen-bond donors (Lipinski definition) is 0. The molecule has 1 aromatic carbocycles. The van der Waals surface area contributed by atoms with Gasteiger partial charge in [-0.2, -0.15) is 0 Å². The zero-order valence-electron chi connectivity index (χ0n) is 10.2. The van der Waals surface area contributed by atoms with Gasteiger partial charge in [-0.1, -0.05) is 6.07 Å². The molecule has 0 aliphatic heterocycles. The van der Waals surface area contributed by atoms with Gasteiger partial charge in [-0.15, -0.1) is 11.3 Å². The van der Waals surface area contributed by atoms with Crippen LogP contribution in [0.15, 0.2) is 24.4 Å². The van der Waals surface area contributed by atoms with Crippen LogP contribution in [-0.4, -0.2) is 18.4 Å². The van der Waals surface area contributed by atoms with E-state index >= 15 is 0 Å². The fourth-order valence-electron chi connectivity index (χ4n) is 1.56. The molecule has 4 nitrogen and oxygen atoms in total. The number of para-hydroxylation sites is 1. The molecule has 5 heteroatoms. The maximum Gasteiger partial charge on any atom is 0.172 e. The Labute approximate surface area is 109 Å². The van der Waals surface area contributed by atoms with E-state index in [9.17, 15) is 4.79 Å². The molecule has 0 fully saturated rings. The quantitative estimate of drug-likeness (QED) is 0.778. The van der Waals surface area contributed by atoms with Gasteiger partial charge in [-0.25, -0.2) is 4.98 Å². The van der Waals surface area contributed by atoms with Crippen LogP contribution < -0.4 is 9.47 Å². The Kier molecular flexibility index (Phi) is 3.94. The van der Waals surface area contributed by atoms with Crippen molar-refractivity contribution in [3.8, 4) is 11.5 Å². The average Bonchev–Trinajstić information content (AvgIpc) is 2.81. The van der Waals surface area contributed by atoms with Gasteiger partial charge in [0.1, 0.15) is 6.61 Å². The summed E-state index contributed by atoms with van der Waals surface area (Å²) in [6.45, 7) is 2.32. The molecule has 0 bridgehead atoms. The van der Waals surface area contributed by atoms with Crippen LogP contribution in [0.25, 0.3) is 0 Å². The van der Waals surface area contributed by atoms with E-state index in [1.165, 1.54) is 0 Å². The summed E-state index contributed by atoms with van der Waals surface area (Å²) in [5, 5.41) is 0.990. The highest BCUT2D eigenvalue weighted by Gasteiger charge is 2.10.